The third-order valence-electron chi connectivity index (χ3n) is 3.00. The molecule has 0 radical (unpaired) electrons. The van der Waals surface area contributed by atoms with E-state index < -0.39 is 0 Å². The number of nitrogens with one attached hydrogen (secondary N) is 1. The first-order valence-corrected chi connectivity index (χ1v) is 6.30. The summed E-state index contributed by atoms with van der Waals surface area (Å²) >= 11 is 0. The molecule has 0 spiro atoms. The fourth-order valence-electron chi connectivity index (χ4n) is 2.19. The molecule has 0 aliphatic carbocycles. The van der Waals surface area contributed by atoms with Crippen molar-refractivity contribution in [1.82, 2.24) is 10.2 Å². The van der Waals surface area contributed by atoms with Crippen LogP contribution in [0.25, 0.3) is 0 Å². The largest absolute Gasteiger partial charge is 0.382 e. The van der Waals surface area contributed by atoms with Crippen molar-refractivity contribution in [3.63, 3.8) is 0 Å². The average molecular weight is 214 g/mol. The van der Waals surface area contributed by atoms with Crippen LogP contribution in [0.3, 0.4) is 0 Å². The van der Waals surface area contributed by atoms with Crippen molar-refractivity contribution in [3.05, 3.63) is 0 Å². The topological polar surface area (TPSA) is 24.5 Å². The average Bonchev–Trinajstić information content (AvgIpc) is 2.23. The van der Waals surface area contributed by atoms with E-state index >= 15 is 0 Å². The minimum Gasteiger partial charge on any atom is -0.382 e. The highest BCUT2D eigenvalue weighted by Gasteiger charge is 2.15. The van der Waals surface area contributed by atoms with Crippen molar-refractivity contribution in [2.75, 3.05) is 46.4 Å². The van der Waals surface area contributed by atoms with E-state index in [1.54, 1.807) is 0 Å². The summed E-state index contributed by atoms with van der Waals surface area (Å²) in [6.07, 6.45) is 3.89. The highest BCUT2D eigenvalue weighted by molar-refractivity contribution is 4.72. The van der Waals surface area contributed by atoms with Gasteiger partial charge in [0.2, 0.25) is 0 Å². The molecule has 1 saturated heterocycles. The van der Waals surface area contributed by atoms with Crippen molar-refractivity contribution in [2.45, 2.75) is 26.2 Å². The molecule has 1 atom stereocenters. The Morgan fingerprint density at radius 2 is 2.33 bits per heavy atom. The van der Waals surface area contributed by atoms with Crippen LogP contribution in [0.2, 0.25) is 0 Å². The molecule has 0 aromatic carbocycles. The zero-order valence-corrected chi connectivity index (χ0v) is 10.3. The predicted molar refractivity (Wildman–Crippen MR) is 64.2 cm³/mol. The lowest BCUT2D eigenvalue weighted by Crippen LogP contribution is -2.37. The van der Waals surface area contributed by atoms with E-state index in [-0.39, 0.29) is 0 Å². The van der Waals surface area contributed by atoms with Gasteiger partial charge >= 0.3 is 0 Å². The molecule has 15 heavy (non-hydrogen) atoms. The van der Waals surface area contributed by atoms with E-state index in [0.717, 1.165) is 32.1 Å². The first-order valence-electron chi connectivity index (χ1n) is 6.30. The van der Waals surface area contributed by atoms with Crippen molar-refractivity contribution in [2.24, 2.45) is 5.92 Å². The number of hydrogen-bond donors (Lipinski definition) is 1. The smallest absolute Gasteiger partial charge is 0.0477 e. The van der Waals surface area contributed by atoms with Crippen LogP contribution in [0.5, 0.6) is 0 Å². The van der Waals surface area contributed by atoms with Gasteiger partial charge in [-0.25, -0.2) is 0 Å². The lowest BCUT2D eigenvalue weighted by Gasteiger charge is -2.29. The van der Waals surface area contributed by atoms with Crippen molar-refractivity contribution >= 4 is 0 Å². The first-order chi connectivity index (χ1) is 7.33. The first kappa shape index (κ1) is 12.9. The van der Waals surface area contributed by atoms with Crippen LogP contribution < -0.4 is 5.32 Å². The van der Waals surface area contributed by atoms with Crippen LogP contribution in [-0.2, 0) is 4.74 Å². The summed E-state index contributed by atoms with van der Waals surface area (Å²) in [5.74, 6) is 0.857. The molecule has 1 unspecified atom stereocenters. The summed E-state index contributed by atoms with van der Waals surface area (Å²) in [6, 6.07) is 0. The number of piperidine rings is 1. The maximum Gasteiger partial charge on any atom is 0.0477 e. The van der Waals surface area contributed by atoms with E-state index in [4.69, 9.17) is 4.74 Å². The third kappa shape index (κ3) is 6.13. The number of nitrogens with zero attached hydrogens (tertiary/aromatic N) is 1. The SMILES string of the molecule is CCOCCCNCC1CCCN(C)C1. The van der Waals surface area contributed by atoms with E-state index in [2.05, 4.69) is 17.3 Å². The lowest BCUT2D eigenvalue weighted by atomic mass is 9.98. The van der Waals surface area contributed by atoms with Crippen LogP contribution in [0.15, 0.2) is 0 Å². The molecular formula is C12H26N2O. The van der Waals surface area contributed by atoms with E-state index in [9.17, 15) is 0 Å². The lowest BCUT2D eigenvalue weighted by molar-refractivity contribution is 0.143. The minimum absolute atomic E-state index is 0.841. The van der Waals surface area contributed by atoms with Gasteiger partial charge in [-0.3, -0.25) is 0 Å². The molecule has 1 aliphatic rings. The maximum absolute atomic E-state index is 5.29. The van der Waals surface area contributed by atoms with Crippen LogP contribution in [-0.4, -0.2) is 51.3 Å². The Morgan fingerprint density at radius 3 is 3.07 bits per heavy atom. The summed E-state index contributed by atoms with van der Waals surface area (Å²) in [7, 11) is 2.22. The van der Waals surface area contributed by atoms with E-state index in [0.29, 0.717) is 0 Å². The quantitative estimate of drug-likeness (QED) is 0.647. The van der Waals surface area contributed by atoms with Crippen LogP contribution in [0.1, 0.15) is 26.2 Å². The molecule has 1 N–H and O–H groups in total. The molecule has 0 bridgehead atoms. The maximum atomic E-state index is 5.29. The van der Waals surface area contributed by atoms with Gasteiger partial charge in [0.05, 0.1) is 0 Å². The van der Waals surface area contributed by atoms with E-state index in [1.165, 1.54) is 32.5 Å². The third-order valence-corrected chi connectivity index (χ3v) is 3.00. The van der Waals surface area contributed by atoms with Gasteiger partial charge in [-0.05, 0) is 58.8 Å². The fraction of sp³-hybridized carbons (Fsp3) is 1.00. The Kier molecular flexibility index (Phi) is 6.98. The second kappa shape index (κ2) is 8.08. The molecule has 3 heteroatoms. The van der Waals surface area contributed by atoms with E-state index in [1.807, 2.05) is 6.92 Å². The monoisotopic (exact) mass is 214 g/mol. The fourth-order valence-corrected chi connectivity index (χ4v) is 2.19. The van der Waals surface area contributed by atoms with Crippen molar-refractivity contribution < 1.29 is 4.74 Å². The molecular weight excluding hydrogens is 188 g/mol. The van der Waals surface area contributed by atoms with Gasteiger partial charge in [0.1, 0.15) is 0 Å². The van der Waals surface area contributed by atoms with Gasteiger partial charge in [0.25, 0.3) is 0 Å². The zero-order valence-electron chi connectivity index (χ0n) is 10.3. The predicted octanol–water partition coefficient (Wildman–Crippen LogP) is 1.34. The molecule has 0 saturated carbocycles. The molecule has 90 valence electrons. The Morgan fingerprint density at radius 1 is 1.47 bits per heavy atom. The molecule has 1 rings (SSSR count). The Hall–Kier alpha value is -0.120. The molecule has 1 heterocycles. The Bertz CT molecular complexity index is 153. The Labute approximate surface area is 94.2 Å². The standard InChI is InChI=1S/C12H26N2O/c1-3-15-9-5-7-13-10-12-6-4-8-14(2)11-12/h12-13H,3-11H2,1-2H3. The summed E-state index contributed by atoms with van der Waals surface area (Å²) in [4.78, 5) is 2.44. The van der Waals surface area contributed by atoms with Crippen LogP contribution in [0, 0.1) is 5.92 Å². The molecule has 0 aromatic heterocycles. The number of likely N-dealkylation sites (tertiary alicyclic amines) is 1. The molecule has 0 aromatic rings. The molecule has 1 aliphatic heterocycles. The summed E-state index contributed by atoms with van der Waals surface area (Å²) in [6.45, 7) is 8.60. The molecule has 0 amide bonds. The highest BCUT2D eigenvalue weighted by Crippen LogP contribution is 2.13. The number of hydrogen-bond acceptors (Lipinski definition) is 3. The minimum atomic E-state index is 0.841. The van der Waals surface area contributed by atoms with Crippen LogP contribution >= 0.6 is 0 Å². The second-order valence-corrected chi connectivity index (χ2v) is 4.53. The molecule has 1 fully saturated rings. The zero-order chi connectivity index (χ0) is 10.9. The normalized spacial score (nSPS) is 23.2. The van der Waals surface area contributed by atoms with Gasteiger partial charge in [0, 0.05) is 19.8 Å². The van der Waals surface area contributed by atoms with Crippen molar-refractivity contribution in [3.8, 4) is 0 Å². The number of ether oxygens (including phenoxy) is 1. The van der Waals surface area contributed by atoms with Crippen LogP contribution in [0.4, 0.5) is 0 Å². The summed E-state index contributed by atoms with van der Waals surface area (Å²) in [5.41, 5.74) is 0. The van der Waals surface area contributed by atoms with Gasteiger partial charge in [-0.1, -0.05) is 0 Å². The van der Waals surface area contributed by atoms with Gasteiger partial charge in [-0.2, -0.15) is 0 Å². The highest BCUT2D eigenvalue weighted by atomic mass is 16.5. The van der Waals surface area contributed by atoms with Gasteiger partial charge in [-0.15, -0.1) is 0 Å². The Balaban J connectivity index is 1.90. The summed E-state index contributed by atoms with van der Waals surface area (Å²) in [5, 5.41) is 3.53. The molecule has 3 nitrogen and oxygen atoms in total. The van der Waals surface area contributed by atoms with Gasteiger partial charge < -0.3 is 15.0 Å². The summed E-state index contributed by atoms with van der Waals surface area (Å²) < 4.78 is 5.29. The number of rotatable bonds is 7. The van der Waals surface area contributed by atoms with Crippen molar-refractivity contribution in [1.29, 1.82) is 0 Å². The second-order valence-electron chi connectivity index (χ2n) is 4.53. The van der Waals surface area contributed by atoms with Gasteiger partial charge in [0.15, 0.2) is 0 Å².